The lowest BCUT2D eigenvalue weighted by molar-refractivity contribution is 0.0917. The van der Waals surface area contributed by atoms with Crippen LogP contribution in [-0.2, 0) is 6.42 Å². The summed E-state index contributed by atoms with van der Waals surface area (Å²) in [5.74, 6) is 0.722. The molecule has 0 unspecified atom stereocenters. The summed E-state index contributed by atoms with van der Waals surface area (Å²) in [4.78, 5) is 13.3. The SMILES string of the molecule is COc1ccc(-c2cc(C(=O)NCCc3cccs3)on2)cc1. The van der Waals surface area contributed by atoms with Gasteiger partial charge in [0.2, 0.25) is 5.76 Å². The van der Waals surface area contributed by atoms with E-state index in [1.165, 1.54) is 4.88 Å². The van der Waals surface area contributed by atoms with E-state index in [0.29, 0.717) is 12.2 Å². The highest BCUT2D eigenvalue weighted by Gasteiger charge is 2.13. The van der Waals surface area contributed by atoms with Crippen LogP contribution in [0.5, 0.6) is 5.75 Å². The fourth-order valence-corrected chi connectivity index (χ4v) is 2.83. The van der Waals surface area contributed by atoms with Crippen molar-refractivity contribution >= 4 is 17.2 Å². The number of methoxy groups -OCH3 is 1. The molecule has 1 amide bonds. The predicted octanol–water partition coefficient (Wildman–Crippen LogP) is 3.38. The molecule has 2 aromatic heterocycles. The van der Waals surface area contributed by atoms with Crippen LogP contribution in [0.15, 0.2) is 52.4 Å². The van der Waals surface area contributed by atoms with Gasteiger partial charge in [0.15, 0.2) is 0 Å². The lowest BCUT2D eigenvalue weighted by Crippen LogP contribution is -2.25. The highest BCUT2D eigenvalue weighted by molar-refractivity contribution is 7.09. The van der Waals surface area contributed by atoms with Crippen LogP contribution in [0.4, 0.5) is 0 Å². The third-order valence-electron chi connectivity index (χ3n) is 3.36. The van der Waals surface area contributed by atoms with Gasteiger partial charge in [-0.3, -0.25) is 4.79 Å². The molecule has 2 heterocycles. The summed E-state index contributed by atoms with van der Waals surface area (Å²) < 4.78 is 10.3. The number of nitrogens with zero attached hydrogens (tertiary/aromatic N) is 1. The molecule has 0 atom stereocenters. The number of hydrogen-bond acceptors (Lipinski definition) is 5. The highest BCUT2D eigenvalue weighted by Crippen LogP contribution is 2.22. The quantitative estimate of drug-likeness (QED) is 0.753. The average molecular weight is 328 g/mol. The van der Waals surface area contributed by atoms with Gasteiger partial charge in [-0.15, -0.1) is 11.3 Å². The smallest absolute Gasteiger partial charge is 0.289 e. The van der Waals surface area contributed by atoms with Gasteiger partial charge in [0.25, 0.3) is 5.91 Å². The standard InChI is InChI=1S/C17H16N2O3S/c1-21-13-6-4-12(5-7-13)15-11-16(22-19-15)17(20)18-9-8-14-3-2-10-23-14/h2-7,10-11H,8-9H2,1H3,(H,18,20). The minimum Gasteiger partial charge on any atom is -0.497 e. The first-order valence-corrected chi connectivity index (χ1v) is 8.06. The van der Waals surface area contributed by atoms with E-state index in [2.05, 4.69) is 10.5 Å². The van der Waals surface area contributed by atoms with Gasteiger partial charge in [-0.25, -0.2) is 0 Å². The number of aromatic nitrogens is 1. The lowest BCUT2D eigenvalue weighted by atomic mass is 10.1. The minimum atomic E-state index is -0.256. The second-order valence-corrected chi connectivity index (χ2v) is 5.92. The maximum absolute atomic E-state index is 12.1. The molecule has 1 N–H and O–H groups in total. The molecule has 1 aromatic carbocycles. The van der Waals surface area contributed by atoms with Gasteiger partial charge in [-0.2, -0.15) is 0 Å². The van der Waals surface area contributed by atoms with Crippen molar-refractivity contribution < 1.29 is 14.1 Å². The molecule has 0 fully saturated rings. The van der Waals surface area contributed by atoms with E-state index in [-0.39, 0.29) is 11.7 Å². The number of carbonyl (C=O) groups excluding carboxylic acids is 1. The Morgan fingerprint density at radius 2 is 2.13 bits per heavy atom. The molecule has 0 aliphatic rings. The van der Waals surface area contributed by atoms with Gasteiger partial charge in [-0.1, -0.05) is 11.2 Å². The molecule has 0 radical (unpaired) electrons. The molecule has 3 rings (SSSR count). The normalized spacial score (nSPS) is 10.5. The summed E-state index contributed by atoms with van der Waals surface area (Å²) in [5, 5.41) is 8.80. The lowest BCUT2D eigenvalue weighted by Gasteiger charge is -2.00. The number of benzene rings is 1. The fraction of sp³-hybridized carbons (Fsp3) is 0.176. The molecule has 0 aliphatic carbocycles. The van der Waals surface area contributed by atoms with Crippen molar-refractivity contribution in [3.05, 3.63) is 58.5 Å². The number of nitrogens with one attached hydrogen (secondary N) is 1. The largest absolute Gasteiger partial charge is 0.497 e. The third kappa shape index (κ3) is 3.78. The monoisotopic (exact) mass is 328 g/mol. The van der Waals surface area contributed by atoms with Gasteiger partial charge in [-0.05, 0) is 42.1 Å². The first kappa shape index (κ1) is 15.3. The first-order valence-electron chi connectivity index (χ1n) is 7.18. The number of ether oxygens (including phenoxy) is 1. The van der Waals surface area contributed by atoms with Crippen LogP contribution in [-0.4, -0.2) is 24.7 Å². The third-order valence-corrected chi connectivity index (χ3v) is 4.29. The Kier molecular flexibility index (Phi) is 4.73. The molecule has 118 valence electrons. The topological polar surface area (TPSA) is 64.4 Å². The maximum atomic E-state index is 12.1. The Bertz CT molecular complexity index is 764. The molecule has 0 spiro atoms. The molecule has 0 saturated carbocycles. The molecule has 6 heteroatoms. The Morgan fingerprint density at radius 3 is 2.83 bits per heavy atom. The van der Waals surface area contributed by atoms with Crippen LogP contribution in [0.2, 0.25) is 0 Å². The summed E-state index contributed by atoms with van der Waals surface area (Å²) in [6, 6.07) is 13.1. The van der Waals surface area contributed by atoms with Crippen molar-refractivity contribution in [2.75, 3.05) is 13.7 Å². The van der Waals surface area contributed by atoms with Crippen LogP contribution in [0.3, 0.4) is 0 Å². The maximum Gasteiger partial charge on any atom is 0.289 e. The fourth-order valence-electron chi connectivity index (χ4n) is 2.12. The highest BCUT2D eigenvalue weighted by atomic mass is 32.1. The zero-order chi connectivity index (χ0) is 16.1. The molecular formula is C17H16N2O3S. The van der Waals surface area contributed by atoms with E-state index in [0.717, 1.165) is 17.7 Å². The molecule has 5 nitrogen and oxygen atoms in total. The molecule has 23 heavy (non-hydrogen) atoms. The van der Waals surface area contributed by atoms with E-state index in [1.54, 1.807) is 24.5 Å². The minimum absolute atomic E-state index is 0.210. The summed E-state index contributed by atoms with van der Waals surface area (Å²) in [6.07, 6.45) is 0.808. The van der Waals surface area contributed by atoms with Gasteiger partial charge >= 0.3 is 0 Å². The van der Waals surface area contributed by atoms with Crippen molar-refractivity contribution in [3.8, 4) is 17.0 Å². The van der Waals surface area contributed by atoms with E-state index >= 15 is 0 Å². The van der Waals surface area contributed by atoms with Crippen molar-refractivity contribution in [2.24, 2.45) is 0 Å². The van der Waals surface area contributed by atoms with Crippen LogP contribution in [0, 0.1) is 0 Å². The van der Waals surface area contributed by atoms with Crippen LogP contribution in [0.1, 0.15) is 15.4 Å². The van der Waals surface area contributed by atoms with Gasteiger partial charge < -0.3 is 14.6 Å². The summed E-state index contributed by atoms with van der Waals surface area (Å²) >= 11 is 1.68. The zero-order valence-corrected chi connectivity index (χ0v) is 13.4. The van der Waals surface area contributed by atoms with Crippen LogP contribution in [0.25, 0.3) is 11.3 Å². The summed E-state index contributed by atoms with van der Waals surface area (Å²) in [5.41, 5.74) is 1.49. The zero-order valence-electron chi connectivity index (χ0n) is 12.6. The van der Waals surface area contributed by atoms with E-state index in [9.17, 15) is 4.79 Å². The van der Waals surface area contributed by atoms with E-state index in [1.807, 2.05) is 41.8 Å². The van der Waals surface area contributed by atoms with Crippen molar-refractivity contribution in [3.63, 3.8) is 0 Å². The summed E-state index contributed by atoms with van der Waals surface area (Å²) in [6.45, 7) is 0.567. The van der Waals surface area contributed by atoms with Crippen molar-refractivity contribution in [1.29, 1.82) is 0 Å². The Morgan fingerprint density at radius 1 is 1.30 bits per heavy atom. The van der Waals surface area contributed by atoms with Gasteiger partial charge in [0.05, 0.1) is 7.11 Å². The van der Waals surface area contributed by atoms with Crippen molar-refractivity contribution in [2.45, 2.75) is 6.42 Å². The molecule has 3 aromatic rings. The predicted molar refractivity (Wildman–Crippen MR) is 88.8 cm³/mol. The van der Waals surface area contributed by atoms with Crippen LogP contribution < -0.4 is 10.1 Å². The van der Waals surface area contributed by atoms with E-state index in [4.69, 9.17) is 9.26 Å². The Hall–Kier alpha value is -2.60. The van der Waals surface area contributed by atoms with Crippen LogP contribution >= 0.6 is 11.3 Å². The molecule has 0 aliphatic heterocycles. The van der Waals surface area contributed by atoms with Gasteiger partial charge in [0.1, 0.15) is 11.4 Å². The van der Waals surface area contributed by atoms with Crippen molar-refractivity contribution in [1.82, 2.24) is 10.5 Å². The second kappa shape index (κ2) is 7.11. The number of amides is 1. The van der Waals surface area contributed by atoms with Gasteiger partial charge in [0, 0.05) is 23.1 Å². The number of thiophene rings is 1. The first-order chi connectivity index (χ1) is 11.3. The Balaban J connectivity index is 1.60. The average Bonchev–Trinajstić information content (AvgIpc) is 3.26. The Labute approximate surface area is 137 Å². The molecule has 0 saturated heterocycles. The summed E-state index contributed by atoms with van der Waals surface area (Å²) in [7, 11) is 1.61. The van der Waals surface area contributed by atoms with E-state index < -0.39 is 0 Å². The number of hydrogen-bond donors (Lipinski definition) is 1. The number of carbonyl (C=O) groups is 1. The molecule has 0 bridgehead atoms. The second-order valence-electron chi connectivity index (χ2n) is 4.89. The number of rotatable bonds is 6. The molecular weight excluding hydrogens is 312 g/mol.